The molecule has 0 unspecified atom stereocenters. The fraction of sp³-hybridized carbons (Fsp3) is 0.632. The summed E-state index contributed by atoms with van der Waals surface area (Å²) >= 11 is 6.15. The summed E-state index contributed by atoms with van der Waals surface area (Å²) in [5.41, 5.74) is 1.59. The molecule has 0 aromatic heterocycles. The Bertz CT molecular complexity index is 591. The molecule has 0 radical (unpaired) electrons. The second-order valence-electron chi connectivity index (χ2n) is 7.40. The minimum absolute atomic E-state index is 0.0459. The lowest BCUT2D eigenvalue weighted by Crippen LogP contribution is -2.49. The molecule has 1 N–H and O–H groups in total. The van der Waals surface area contributed by atoms with Crippen LogP contribution in [0.15, 0.2) is 18.2 Å². The lowest BCUT2D eigenvalue weighted by molar-refractivity contribution is 0.0179. The number of aryl methyl sites for hydroxylation is 1. The highest BCUT2D eigenvalue weighted by Crippen LogP contribution is 2.33. The molecule has 132 valence electrons. The predicted octanol–water partition coefficient (Wildman–Crippen LogP) is 2.96. The molecule has 1 amide bonds. The molecule has 2 aliphatic heterocycles. The molecule has 1 aromatic rings. The number of rotatable bonds is 4. The van der Waals surface area contributed by atoms with Crippen LogP contribution in [-0.2, 0) is 0 Å². The second kappa shape index (κ2) is 7.42. The van der Waals surface area contributed by atoms with E-state index in [2.05, 4.69) is 4.90 Å². The third-order valence-electron chi connectivity index (χ3n) is 5.62. The number of likely N-dealkylation sites (tertiary alicyclic amines) is 2. The van der Waals surface area contributed by atoms with E-state index in [1.54, 1.807) is 6.07 Å². The molecule has 0 atom stereocenters. The lowest BCUT2D eigenvalue weighted by Gasteiger charge is -2.42. The summed E-state index contributed by atoms with van der Waals surface area (Å²) in [7, 11) is 0. The van der Waals surface area contributed by atoms with Crippen LogP contribution in [0.25, 0.3) is 0 Å². The molecular weight excluding hydrogens is 324 g/mol. The number of nitrogens with zero attached hydrogens (tertiary/aromatic N) is 2. The minimum Gasteiger partial charge on any atom is -0.396 e. The van der Waals surface area contributed by atoms with Crippen LogP contribution < -0.4 is 0 Å². The van der Waals surface area contributed by atoms with Crippen LogP contribution >= 0.6 is 11.6 Å². The number of piperidine rings is 1. The van der Waals surface area contributed by atoms with Gasteiger partial charge in [-0.1, -0.05) is 17.7 Å². The Morgan fingerprint density at radius 1 is 1.21 bits per heavy atom. The summed E-state index contributed by atoms with van der Waals surface area (Å²) in [4.78, 5) is 17.1. The summed E-state index contributed by atoms with van der Waals surface area (Å²) in [6.45, 7) is 6.81. The first-order valence-corrected chi connectivity index (χ1v) is 9.29. The summed E-state index contributed by atoms with van der Waals surface area (Å²) in [6.07, 6.45) is 4.26. The molecule has 0 bridgehead atoms. The maximum absolute atomic E-state index is 12.7. The van der Waals surface area contributed by atoms with Crippen molar-refractivity contribution in [1.29, 1.82) is 0 Å². The van der Waals surface area contributed by atoms with E-state index in [-0.39, 0.29) is 17.9 Å². The number of aliphatic hydroxyl groups is 1. The van der Waals surface area contributed by atoms with Gasteiger partial charge in [-0.25, -0.2) is 0 Å². The monoisotopic (exact) mass is 350 g/mol. The van der Waals surface area contributed by atoms with Crippen molar-refractivity contribution in [1.82, 2.24) is 9.80 Å². The summed E-state index contributed by atoms with van der Waals surface area (Å²) in [6, 6.07) is 5.50. The Labute approximate surface area is 149 Å². The number of benzene rings is 1. The van der Waals surface area contributed by atoms with Crippen LogP contribution in [0, 0.1) is 12.3 Å². The van der Waals surface area contributed by atoms with Crippen LogP contribution in [0.1, 0.15) is 41.6 Å². The number of hydrogen-bond acceptors (Lipinski definition) is 3. The number of carbonyl (C=O) groups excluding carboxylic acids is 1. The van der Waals surface area contributed by atoms with Crippen LogP contribution in [0.2, 0.25) is 5.02 Å². The van der Waals surface area contributed by atoms with Gasteiger partial charge in [-0.2, -0.15) is 0 Å². The summed E-state index contributed by atoms with van der Waals surface area (Å²) in [5, 5.41) is 10.6. The number of aliphatic hydroxyl groups excluding tert-OH is 1. The van der Waals surface area contributed by atoms with E-state index in [0.717, 1.165) is 38.0 Å². The molecule has 2 fully saturated rings. The van der Waals surface area contributed by atoms with Gasteiger partial charge in [-0.3, -0.25) is 4.79 Å². The number of carbonyl (C=O) groups is 1. The topological polar surface area (TPSA) is 43.8 Å². The molecule has 0 spiro atoms. The molecule has 2 saturated heterocycles. The quantitative estimate of drug-likeness (QED) is 0.908. The van der Waals surface area contributed by atoms with E-state index >= 15 is 0 Å². The van der Waals surface area contributed by atoms with Gasteiger partial charge in [0.1, 0.15) is 0 Å². The molecule has 2 aliphatic rings. The van der Waals surface area contributed by atoms with Gasteiger partial charge >= 0.3 is 0 Å². The lowest BCUT2D eigenvalue weighted by atomic mass is 9.78. The summed E-state index contributed by atoms with van der Waals surface area (Å²) < 4.78 is 0. The van der Waals surface area contributed by atoms with Crippen molar-refractivity contribution in [2.24, 2.45) is 5.41 Å². The zero-order chi connectivity index (χ0) is 17.2. The molecule has 2 heterocycles. The van der Waals surface area contributed by atoms with E-state index in [1.807, 2.05) is 24.0 Å². The van der Waals surface area contributed by atoms with Crippen molar-refractivity contribution in [2.75, 3.05) is 39.3 Å². The zero-order valence-electron chi connectivity index (χ0n) is 14.4. The minimum atomic E-state index is -0.0496. The van der Waals surface area contributed by atoms with Gasteiger partial charge in [0.15, 0.2) is 0 Å². The molecule has 5 heteroatoms. The Kier molecular flexibility index (Phi) is 5.48. The first kappa shape index (κ1) is 17.7. The molecule has 0 aliphatic carbocycles. The van der Waals surface area contributed by atoms with Crippen molar-refractivity contribution in [3.05, 3.63) is 34.3 Å². The van der Waals surface area contributed by atoms with Crippen LogP contribution in [0.5, 0.6) is 0 Å². The van der Waals surface area contributed by atoms with Crippen molar-refractivity contribution < 1.29 is 9.90 Å². The Balaban J connectivity index is 1.62. The molecule has 3 rings (SSSR count). The molecule has 4 nitrogen and oxygen atoms in total. The smallest absolute Gasteiger partial charge is 0.253 e. The van der Waals surface area contributed by atoms with Crippen molar-refractivity contribution in [2.45, 2.75) is 32.6 Å². The average Bonchev–Trinajstić information content (AvgIpc) is 3.10. The van der Waals surface area contributed by atoms with Crippen LogP contribution in [-0.4, -0.2) is 60.1 Å². The molecule has 1 aromatic carbocycles. The first-order valence-electron chi connectivity index (χ1n) is 8.92. The molecule has 0 saturated carbocycles. The highest BCUT2D eigenvalue weighted by molar-refractivity contribution is 6.31. The van der Waals surface area contributed by atoms with Gasteiger partial charge in [0, 0.05) is 35.6 Å². The van der Waals surface area contributed by atoms with Crippen LogP contribution in [0.3, 0.4) is 0 Å². The number of amides is 1. The van der Waals surface area contributed by atoms with E-state index in [1.165, 1.54) is 12.8 Å². The third-order valence-corrected chi connectivity index (χ3v) is 6.03. The Morgan fingerprint density at radius 2 is 1.88 bits per heavy atom. The summed E-state index contributed by atoms with van der Waals surface area (Å²) in [5.74, 6) is 0.0459. The van der Waals surface area contributed by atoms with E-state index < -0.39 is 0 Å². The second-order valence-corrected chi connectivity index (χ2v) is 7.80. The number of hydrogen-bond donors (Lipinski definition) is 1. The Hall–Kier alpha value is -1.10. The third kappa shape index (κ3) is 3.76. The normalized spacial score (nSPS) is 21.2. The highest BCUT2D eigenvalue weighted by Gasteiger charge is 2.37. The predicted molar refractivity (Wildman–Crippen MR) is 96.5 cm³/mol. The standard InChI is InChI=1S/C19H27ClN2O2/c1-15-4-5-16(12-17(15)20)18(24)22-10-6-19(14-23,7-11-22)13-21-8-2-3-9-21/h4-5,12,23H,2-3,6-11,13-14H2,1H3. The van der Waals surface area contributed by atoms with Crippen molar-refractivity contribution >= 4 is 17.5 Å². The van der Waals surface area contributed by atoms with Crippen molar-refractivity contribution in [3.8, 4) is 0 Å². The fourth-order valence-corrected chi connectivity index (χ4v) is 4.05. The maximum Gasteiger partial charge on any atom is 0.253 e. The highest BCUT2D eigenvalue weighted by atomic mass is 35.5. The van der Waals surface area contributed by atoms with Crippen molar-refractivity contribution in [3.63, 3.8) is 0 Å². The number of halogens is 1. The average molecular weight is 351 g/mol. The van der Waals surface area contributed by atoms with Gasteiger partial charge in [-0.05, 0) is 63.4 Å². The van der Waals surface area contributed by atoms with Gasteiger partial charge in [-0.15, -0.1) is 0 Å². The van der Waals surface area contributed by atoms with Crippen LogP contribution in [0.4, 0.5) is 0 Å². The fourth-order valence-electron chi connectivity index (χ4n) is 3.87. The van der Waals surface area contributed by atoms with E-state index in [4.69, 9.17) is 11.6 Å². The van der Waals surface area contributed by atoms with Gasteiger partial charge in [0.25, 0.3) is 5.91 Å². The van der Waals surface area contributed by atoms with Gasteiger partial charge in [0.2, 0.25) is 0 Å². The Morgan fingerprint density at radius 3 is 2.46 bits per heavy atom. The van der Waals surface area contributed by atoms with E-state index in [9.17, 15) is 9.90 Å². The maximum atomic E-state index is 12.7. The molecular formula is C19H27ClN2O2. The largest absolute Gasteiger partial charge is 0.396 e. The van der Waals surface area contributed by atoms with E-state index in [0.29, 0.717) is 23.7 Å². The van der Waals surface area contributed by atoms with Gasteiger partial charge < -0.3 is 14.9 Å². The SMILES string of the molecule is Cc1ccc(C(=O)N2CCC(CO)(CN3CCCC3)CC2)cc1Cl. The zero-order valence-corrected chi connectivity index (χ0v) is 15.2. The first-order chi connectivity index (χ1) is 11.5. The molecule has 24 heavy (non-hydrogen) atoms. The van der Waals surface area contributed by atoms with Gasteiger partial charge in [0.05, 0.1) is 6.61 Å².